The Labute approximate surface area is 162 Å². The molecule has 0 aliphatic rings. The Balaban J connectivity index is -0.000000333. The minimum atomic E-state index is -3.37. The Bertz CT molecular complexity index is 355. The van der Waals surface area contributed by atoms with Gasteiger partial charge in [0.05, 0.1) is 0 Å². The van der Waals surface area contributed by atoms with Crippen LogP contribution in [0.5, 0.6) is 0 Å². The molecule has 0 bridgehead atoms. The SMILES string of the molecule is CC(O[PH](=O)[O-])O[PH](=O)OO.CC(O[PH](=O)[O-])O[PH](=O)OO.[Ca+2]. The second-order valence-corrected chi connectivity index (χ2v) is 6.10. The van der Waals surface area contributed by atoms with Crippen LogP contribution in [-0.2, 0) is 45.7 Å². The molecule has 0 rings (SSSR count). The molecule has 14 nitrogen and oxygen atoms in total. The van der Waals surface area contributed by atoms with Gasteiger partial charge in [-0.15, -0.1) is 0 Å². The second kappa shape index (κ2) is 18.6. The Morgan fingerprint density at radius 3 is 1.17 bits per heavy atom. The number of hydrogen-bond donors (Lipinski definition) is 2. The smallest absolute Gasteiger partial charge is 0.781 e. The number of hydrogen-bond acceptors (Lipinski definition) is 14. The van der Waals surface area contributed by atoms with Gasteiger partial charge in [0.1, 0.15) is 16.5 Å². The van der Waals surface area contributed by atoms with Gasteiger partial charge in [0, 0.05) is 0 Å². The van der Waals surface area contributed by atoms with Gasteiger partial charge >= 0.3 is 54.2 Å². The topological polar surface area (TPSA) is 210 Å². The first-order chi connectivity index (χ1) is 10.1. The van der Waals surface area contributed by atoms with Crippen molar-refractivity contribution in [3.63, 3.8) is 0 Å². The van der Waals surface area contributed by atoms with Crippen LogP contribution in [0.25, 0.3) is 0 Å². The normalized spacial score (nSPS) is 18.3. The maximum atomic E-state index is 10.2. The second-order valence-electron chi connectivity index (χ2n) is 2.79. The van der Waals surface area contributed by atoms with Gasteiger partial charge in [0.25, 0.3) is 0 Å². The quantitative estimate of drug-likeness (QED) is 0.143. The summed E-state index contributed by atoms with van der Waals surface area (Å²) in [7, 11) is -12.9. The van der Waals surface area contributed by atoms with Crippen LogP contribution >= 0.6 is 33.0 Å². The zero-order chi connectivity index (χ0) is 17.7. The molecule has 6 atom stereocenters. The Morgan fingerprint density at radius 1 is 0.739 bits per heavy atom. The summed E-state index contributed by atoms with van der Waals surface area (Å²) >= 11 is 0. The molecule has 0 heterocycles. The average molecular weight is 450 g/mol. The molecule has 0 aliphatic heterocycles. The van der Waals surface area contributed by atoms with Crippen molar-refractivity contribution < 1.29 is 66.0 Å². The van der Waals surface area contributed by atoms with E-state index in [2.05, 4.69) is 27.4 Å². The Kier molecular flexibility index (Phi) is 23.8. The van der Waals surface area contributed by atoms with Gasteiger partial charge in [-0.1, -0.05) is 0 Å². The Morgan fingerprint density at radius 2 is 1.00 bits per heavy atom. The molecule has 0 spiro atoms. The van der Waals surface area contributed by atoms with E-state index in [4.69, 9.17) is 10.5 Å². The van der Waals surface area contributed by atoms with Crippen LogP contribution in [0, 0.1) is 0 Å². The van der Waals surface area contributed by atoms with Crippen LogP contribution in [0.15, 0.2) is 0 Å². The standard InChI is InChI=1S/2C2H8O7P2.Ca/c2*1-2(7-10(4)5)8-11(6)9-3;/h2*2-3,10-11H,1H3,(H,4,5);/q;;+2/p-2. The summed E-state index contributed by atoms with van der Waals surface area (Å²) in [5.74, 6) is 0. The first-order valence-electron chi connectivity index (χ1n) is 4.91. The largest absolute Gasteiger partial charge is 2.00 e. The summed E-state index contributed by atoms with van der Waals surface area (Å²) in [5, 5.41) is 15.4. The molecule has 19 heteroatoms. The van der Waals surface area contributed by atoms with Gasteiger partial charge in [0.2, 0.25) is 0 Å². The zero-order valence-electron chi connectivity index (χ0n) is 11.7. The minimum Gasteiger partial charge on any atom is -0.781 e. The summed E-state index contributed by atoms with van der Waals surface area (Å²) < 4.78 is 63.1. The van der Waals surface area contributed by atoms with Crippen molar-refractivity contribution >= 4 is 70.8 Å². The van der Waals surface area contributed by atoms with Gasteiger partial charge in [-0.25, -0.2) is 10.5 Å². The molecule has 0 aromatic carbocycles. The van der Waals surface area contributed by atoms with E-state index in [0.717, 1.165) is 0 Å². The molecule has 0 fully saturated rings. The molecule has 6 unspecified atom stereocenters. The molecular weight excluding hydrogens is 436 g/mol. The van der Waals surface area contributed by atoms with Crippen molar-refractivity contribution in [1.82, 2.24) is 0 Å². The molecule has 0 aliphatic carbocycles. The molecular formula is C4H14CaO14P4. The third-order valence-electron chi connectivity index (χ3n) is 1.20. The number of rotatable bonds is 10. The van der Waals surface area contributed by atoms with Gasteiger partial charge in [0.15, 0.2) is 12.6 Å². The van der Waals surface area contributed by atoms with Gasteiger partial charge < -0.3 is 28.0 Å². The maximum absolute atomic E-state index is 10.2. The molecule has 0 radical (unpaired) electrons. The van der Waals surface area contributed by atoms with Gasteiger partial charge in [-0.05, 0) is 13.8 Å². The van der Waals surface area contributed by atoms with Crippen LogP contribution in [-0.4, -0.2) is 60.8 Å². The van der Waals surface area contributed by atoms with E-state index >= 15 is 0 Å². The molecule has 23 heavy (non-hydrogen) atoms. The van der Waals surface area contributed by atoms with Crippen LogP contribution in [0.4, 0.5) is 0 Å². The summed E-state index contributed by atoms with van der Waals surface area (Å²) in [6.07, 6.45) is -2.42. The van der Waals surface area contributed by atoms with Crippen LogP contribution in [0.1, 0.15) is 13.8 Å². The van der Waals surface area contributed by atoms with E-state index in [0.29, 0.717) is 0 Å². The summed E-state index contributed by atoms with van der Waals surface area (Å²) in [6, 6.07) is 0. The van der Waals surface area contributed by atoms with Crippen molar-refractivity contribution in [3.8, 4) is 0 Å². The van der Waals surface area contributed by atoms with Crippen molar-refractivity contribution in [3.05, 3.63) is 0 Å². The third kappa shape index (κ3) is 23.8. The van der Waals surface area contributed by atoms with Crippen molar-refractivity contribution in [2.24, 2.45) is 0 Å². The molecule has 0 saturated carbocycles. The fourth-order valence-corrected chi connectivity index (χ4v) is 2.19. The van der Waals surface area contributed by atoms with E-state index in [-0.39, 0.29) is 37.7 Å². The summed E-state index contributed by atoms with van der Waals surface area (Å²) in [5.41, 5.74) is 0. The van der Waals surface area contributed by atoms with Crippen LogP contribution in [0.2, 0.25) is 0 Å². The van der Waals surface area contributed by atoms with E-state index in [1.807, 2.05) is 0 Å². The molecule has 0 aromatic rings. The summed E-state index contributed by atoms with van der Waals surface area (Å²) in [6.45, 7) is 2.39. The van der Waals surface area contributed by atoms with Crippen molar-refractivity contribution in [1.29, 1.82) is 0 Å². The maximum Gasteiger partial charge on any atom is 2.00 e. The Hall–Kier alpha value is 1.78. The van der Waals surface area contributed by atoms with Gasteiger partial charge in [-0.3, -0.25) is 18.2 Å². The molecule has 2 N–H and O–H groups in total. The van der Waals surface area contributed by atoms with Gasteiger partial charge in [-0.2, -0.15) is 9.35 Å². The molecule has 0 aromatic heterocycles. The molecule has 0 amide bonds. The van der Waals surface area contributed by atoms with Crippen molar-refractivity contribution in [2.75, 3.05) is 0 Å². The fraction of sp³-hybridized carbons (Fsp3) is 1.00. The monoisotopic (exact) mass is 450 g/mol. The van der Waals surface area contributed by atoms with E-state index in [1.165, 1.54) is 13.8 Å². The zero-order valence-corrected chi connectivity index (χ0v) is 17.9. The first-order valence-corrected chi connectivity index (χ1v) is 9.81. The van der Waals surface area contributed by atoms with E-state index in [1.54, 1.807) is 0 Å². The predicted molar refractivity (Wildman–Crippen MR) is 72.5 cm³/mol. The van der Waals surface area contributed by atoms with E-state index in [9.17, 15) is 28.0 Å². The van der Waals surface area contributed by atoms with Crippen LogP contribution < -0.4 is 9.79 Å². The minimum absolute atomic E-state index is 0. The van der Waals surface area contributed by atoms with Crippen molar-refractivity contribution in [2.45, 2.75) is 26.4 Å². The van der Waals surface area contributed by atoms with E-state index < -0.39 is 45.6 Å². The molecule has 136 valence electrons. The average Bonchev–Trinajstić information content (AvgIpc) is 2.36. The first kappa shape index (κ1) is 29.5. The molecule has 0 saturated heterocycles. The third-order valence-corrected chi connectivity index (χ3v) is 3.59. The predicted octanol–water partition coefficient (Wildman–Crippen LogP) is -0.391. The fourth-order valence-electron chi connectivity index (χ4n) is 0.633. The van der Waals surface area contributed by atoms with Crippen LogP contribution in [0.3, 0.4) is 0 Å². The summed E-state index contributed by atoms with van der Waals surface area (Å²) in [4.78, 5) is 19.7.